The van der Waals surface area contributed by atoms with Gasteiger partial charge in [-0.2, -0.15) is 0 Å². The number of anilines is 1. The van der Waals surface area contributed by atoms with E-state index in [-0.39, 0.29) is 12.5 Å². The number of likely N-dealkylation sites (tertiary alicyclic amines) is 1. The summed E-state index contributed by atoms with van der Waals surface area (Å²) in [6.45, 7) is 7.38. The van der Waals surface area contributed by atoms with Crippen LogP contribution in [-0.4, -0.2) is 45.5 Å². The van der Waals surface area contributed by atoms with Crippen molar-refractivity contribution in [1.82, 2.24) is 19.4 Å². The van der Waals surface area contributed by atoms with Crippen LogP contribution >= 0.6 is 0 Å². The molecular weight excluding hydrogens is 384 g/mol. The summed E-state index contributed by atoms with van der Waals surface area (Å²) < 4.78 is 27.2. The van der Waals surface area contributed by atoms with E-state index in [4.69, 9.17) is 0 Å². The first kappa shape index (κ1) is 20.5. The van der Waals surface area contributed by atoms with E-state index in [0.29, 0.717) is 13.1 Å². The Bertz CT molecular complexity index is 1050. The normalized spacial score (nSPS) is 15.8. The van der Waals surface area contributed by atoms with Crippen LogP contribution in [0.3, 0.4) is 0 Å². The SMILES string of the molecule is C=C(Nc1cc2cc(-c3cnc(C)n3C)ccc2cn1)C1CCN(CC(F)F)CC1. The third-order valence-electron chi connectivity index (χ3n) is 6.00. The molecule has 1 N–H and O–H groups in total. The zero-order chi connectivity index (χ0) is 21.3. The molecule has 0 bridgehead atoms. The van der Waals surface area contributed by atoms with E-state index >= 15 is 0 Å². The van der Waals surface area contributed by atoms with Gasteiger partial charge < -0.3 is 9.88 Å². The fourth-order valence-electron chi connectivity index (χ4n) is 4.06. The first-order valence-corrected chi connectivity index (χ1v) is 10.3. The van der Waals surface area contributed by atoms with Crippen LogP contribution in [0.4, 0.5) is 14.6 Å². The molecule has 0 radical (unpaired) electrons. The largest absolute Gasteiger partial charge is 0.344 e. The van der Waals surface area contributed by atoms with E-state index in [1.807, 2.05) is 37.3 Å². The monoisotopic (exact) mass is 411 g/mol. The zero-order valence-corrected chi connectivity index (χ0v) is 17.4. The summed E-state index contributed by atoms with van der Waals surface area (Å²) in [5, 5.41) is 5.49. The molecule has 7 heteroatoms. The van der Waals surface area contributed by atoms with Gasteiger partial charge in [-0.3, -0.25) is 4.90 Å². The van der Waals surface area contributed by atoms with Gasteiger partial charge in [-0.1, -0.05) is 18.7 Å². The van der Waals surface area contributed by atoms with Crippen LogP contribution in [-0.2, 0) is 7.05 Å². The topological polar surface area (TPSA) is 46.0 Å². The number of rotatable bonds is 6. The Hall–Kier alpha value is -2.80. The molecule has 0 amide bonds. The Morgan fingerprint density at radius 3 is 2.60 bits per heavy atom. The Morgan fingerprint density at radius 2 is 1.93 bits per heavy atom. The summed E-state index contributed by atoms with van der Waals surface area (Å²) in [5.41, 5.74) is 3.07. The minimum Gasteiger partial charge on any atom is -0.344 e. The molecule has 0 spiro atoms. The Morgan fingerprint density at radius 1 is 1.17 bits per heavy atom. The number of allylic oxidation sites excluding steroid dienone is 1. The Balaban J connectivity index is 1.47. The highest BCUT2D eigenvalue weighted by molar-refractivity contribution is 5.88. The smallest absolute Gasteiger partial charge is 0.251 e. The highest BCUT2D eigenvalue weighted by atomic mass is 19.3. The van der Waals surface area contributed by atoms with Gasteiger partial charge >= 0.3 is 0 Å². The molecule has 0 saturated carbocycles. The number of alkyl halides is 2. The minimum absolute atomic E-state index is 0.141. The molecule has 5 nitrogen and oxygen atoms in total. The second kappa shape index (κ2) is 8.52. The van der Waals surface area contributed by atoms with Crippen molar-refractivity contribution < 1.29 is 8.78 Å². The van der Waals surface area contributed by atoms with Crippen LogP contribution in [0.1, 0.15) is 18.7 Å². The molecular formula is C23H27F2N5. The van der Waals surface area contributed by atoms with Gasteiger partial charge in [0.25, 0.3) is 6.43 Å². The Labute approximate surface area is 175 Å². The van der Waals surface area contributed by atoms with Gasteiger partial charge in [0.15, 0.2) is 0 Å². The number of aryl methyl sites for hydroxylation is 1. The number of piperidine rings is 1. The summed E-state index contributed by atoms with van der Waals surface area (Å²) in [6.07, 6.45) is 3.13. The number of halogens is 2. The van der Waals surface area contributed by atoms with Crippen molar-refractivity contribution in [3.05, 3.63) is 54.8 Å². The van der Waals surface area contributed by atoms with Gasteiger partial charge in [0, 0.05) is 35.8 Å². The van der Waals surface area contributed by atoms with E-state index in [2.05, 4.69) is 44.6 Å². The number of benzene rings is 1. The van der Waals surface area contributed by atoms with Gasteiger partial charge in [0.2, 0.25) is 0 Å². The highest BCUT2D eigenvalue weighted by Crippen LogP contribution is 2.28. The molecule has 0 aliphatic carbocycles. The van der Waals surface area contributed by atoms with Gasteiger partial charge in [-0.25, -0.2) is 18.7 Å². The number of imidazole rings is 1. The van der Waals surface area contributed by atoms with E-state index < -0.39 is 6.43 Å². The van der Waals surface area contributed by atoms with Crippen molar-refractivity contribution in [2.75, 3.05) is 25.0 Å². The molecule has 3 heterocycles. The summed E-state index contributed by atoms with van der Waals surface area (Å²) in [6, 6.07) is 8.32. The van der Waals surface area contributed by atoms with E-state index in [1.54, 1.807) is 0 Å². The van der Waals surface area contributed by atoms with Gasteiger partial charge in [0.1, 0.15) is 11.6 Å². The maximum absolute atomic E-state index is 12.6. The van der Waals surface area contributed by atoms with Crippen LogP contribution in [0.25, 0.3) is 22.0 Å². The lowest BCUT2D eigenvalue weighted by Crippen LogP contribution is -2.37. The first-order chi connectivity index (χ1) is 14.4. The maximum atomic E-state index is 12.6. The zero-order valence-electron chi connectivity index (χ0n) is 17.4. The highest BCUT2D eigenvalue weighted by Gasteiger charge is 2.23. The number of aromatic nitrogens is 3. The lowest BCUT2D eigenvalue weighted by atomic mass is 9.94. The molecule has 3 aromatic rings. The molecule has 1 aliphatic rings. The molecule has 2 aromatic heterocycles. The van der Waals surface area contributed by atoms with Crippen LogP contribution in [0.5, 0.6) is 0 Å². The van der Waals surface area contributed by atoms with E-state index in [1.165, 1.54) is 0 Å². The fourth-order valence-corrected chi connectivity index (χ4v) is 4.06. The molecule has 1 fully saturated rings. The van der Waals surface area contributed by atoms with E-state index in [0.717, 1.165) is 52.2 Å². The van der Waals surface area contributed by atoms with Crippen molar-refractivity contribution >= 4 is 16.6 Å². The van der Waals surface area contributed by atoms with Crippen molar-refractivity contribution in [2.45, 2.75) is 26.2 Å². The molecule has 1 saturated heterocycles. The molecule has 4 rings (SSSR count). The Kier molecular flexibility index (Phi) is 5.81. The second-order valence-electron chi connectivity index (χ2n) is 8.00. The lowest BCUT2D eigenvalue weighted by Gasteiger charge is -2.32. The average molecular weight is 412 g/mol. The van der Waals surface area contributed by atoms with Crippen molar-refractivity contribution in [3.8, 4) is 11.3 Å². The predicted molar refractivity (Wildman–Crippen MR) is 117 cm³/mol. The summed E-state index contributed by atoms with van der Waals surface area (Å²) >= 11 is 0. The maximum Gasteiger partial charge on any atom is 0.251 e. The fraction of sp³-hybridized carbons (Fsp3) is 0.391. The standard InChI is InChI=1S/C23H27F2N5/c1-15(17-6-8-30(9-7-17)14-22(24)25)28-23-11-20-10-18(4-5-19(20)12-27-23)21-13-26-16(2)29(21)3/h4-5,10-13,17,22H,1,6-9,14H2,2-3H3,(H,27,28). The number of hydrogen-bond acceptors (Lipinski definition) is 4. The summed E-state index contributed by atoms with van der Waals surface area (Å²) in [7, 11) is 2.01. The third kappa shape index (κ3) is 4.36. The molecule has 1 aliphatic heterocycles. The predicted octanol–water partition coefficient (Wildman–Crippen LogP) is 4.85. The quantitative estimate of drug-likeness (QED) is 0.630. The third-order valence-corrected chi connectivity index (χ3v) is 6.00. The molecule has 0 unspecified atom stereocenters. The minimum atomic E-state index is -2.27. The molecule has 30 heavy (non-hydrogen) atoms. The first-order valence-electron chi connectivity index (χ1n) is 10.3. The van der Waals surface area contributed by atoms with Crippen molar-refractivity contribution in [1.29, 1.82) is 0 Å². The van der Waals surface area contributed by atoms with Crippen LogP contribution in [0, 0.1) is 12.8 Å². The van der Waals surface area contributed by atoms with E-state index in [9.17, 15) is 8.78 Å². The molecule has 0 atom stereocenters. The van der Waals surface area contributed by atoms with Crippen molar-refractivity contribution in [2.24, 2.45) is 13.0 Å². The van der Waals surface area contributed by atoms with Crippen LogP contribution in [0.2, 0.25) is 0 Å². The summed E-state index contributed by atoms with van der Waals surface area (Å²) in [4.78, 5) is 10.7. The van der Waals surface area contributed by atoms with Crippen LogP contribution < -0.4 is 5.32 Å². The van der Waals surface area contributed by atoms with Gasteiger partial charge in [0.05, 0.1) is 18.4 Å². The number of fused-ring (bicyclic) bond motifs is 1. The average Bonchev–Trinajstić information content (AvgIpc) is 3.06. The molecule has 158 valence electrons. The van der Waals surface area contributed by atoms with Crippen molar-refractivity contribution in [3.63, 3.8) is 0 Å². The number of nitrogens with one attached hydrogen (secondary N) is 1. The van der Waals surface area contributed by atoms with Crippen LogP contribution in [0.15, 0.2) is 48.9 Å². The lowest BCUT2D eigenvalue weighted by molar-refractivity contribution is 0.0725. The number of hydrogen-bond donors (Lipinski definition) is 1. The van der Waals surface area contributed by atoms with Gasteiger partial charge in [-0.05, 0) is 50.4 Å². The number of nitrogens with zero attached hydrogens (tertiary/aromatic N) is 4. The van der Waals surface area contributed by atoms with Gasteiger partial charge in [-0.15, -0.1) is 0 Å². The second-order valence-corrected chi connectivity index (χ2v) is 8.00. The summed E-state index contributed by atoms with van der Waals surface area (Å²) in [5.74, 6) is 1.99. The number of pyridine rings is 1. The molecule has 1 aromatic carbocycles.